The fourth-order valence-electron chi connectivity index (χ4n) is 1.28. The van der Waals surface area contributed by atoms with Gasteiger partial charge in [-0.25, -0.2) is 4.98 Å². The zero-order valence-electron chi connectivity index (χ0n) is 7.68. The zero-order valence-corrected chi connectivity index (χ0v) is 7.68. The maximum absolute atomic E-state index is 8.92. The quantitative estimate of drug-likeness (QED) is 0.672. The summed E-state index contributed by atoms with van der Waals surface area (Å²) in [7, 11) is 1.80. The van der Waals surface area contributed by atoms with E-state index in [1.54, 1.807) is 30.3 Å². The first-order chi connectivity index (χ1) is 6.83. The molecule has 0 amide bonds. The van der Waals surface area contributed by atoms with Gasteiger partial charge in [-0.2, -0.15) is 5.26 Å². The molecule has 2 rings (SSSR count). The molecule has 0 radical (unpaired) electrons. The van der Waals surface area contributed by atoms with Crippen molar-refractivity contribution in [2.75, 3.05) is 0 Å². The average Bonchev–Trinajstić information content (AvgIpc) is 2.61. The van der Waals surface area contributed by atoms with E-state index in [1.165, 1.54) is 0 Å². The molecule has 0 aliphatic carbocycles. The number of aryl methyl sites for hydroxylation is 1. The van der Waals surface area contributed by atoms with Gasteiger partial charge in [0.15, 0.2) is 0 Å². The molecule has 0 fully saturated rings. The molecular formula is C10H8N4. The Hall–Kier alpha value is -2.15. The summed E-state index contributed by atoms with van der Waals surface area (Å²) in [5.41, 5.74) is 2.10. The minimum Gasteiger partial charge on any atom is -0.325 e. The summed E-state index contributed by atoms with van der Waals surface area (Å²) < 4.78 is 1.70. The van der Waals surface area contributed by atoms with Crippen molar-refractivity contribution in [3.8, 4) is 17.3 Å². The van der Waals surface area contributed by atoms with Crippen LogP contribution in [0.2, 0.25) is 0 Å². The van der Waals surface area contributed by atoms with Gasteiger partial charge in [0.25, 0.3) is 0 Å². The highest BCUT2D eigenvalue weighted by Gasteiger charge is 2.09. The lowest BCUT2D eigenvalue weighted by Gasteiger charge is -1.96. The maximum Gasteiger partial charge on any atom is 0.147 e. The van der Waals surface area contributed by atoms with Crippen molar-refractivity contribution < 1.29 is 0 Å². The monoisotopic (exact) mass is 184 g/mol. The van der Waals surface area contributed by atoms with E-state index in [1.807, 2.05) is 12.1 Å². The summed E-state index contributed by atoms with van der Waals surface area (Å²) in [6.45, 7) is 0. The zero-order chi connectivity index (χ0) is 9.97. The van der Waals surface area contributed by atoms with Gasteiger partial charge in [0.05, 0.1) is 6.33 Å². The first kappa shape index (κ1) is 8.45. The number of hydrogen-bond acceptors (Lipinski definition) is 3. The standard InChI is InChI=1S/C10H8N4/c1-14-7-13-10(9(14)5-11)8-3-2-4-12-6-8/h2-4,6-7H,1H3. The van der Waals surface area contributed by atoms with Crippen molar-refractivity contribution >= 4 is 0 Å². The number of imidazole rings is 1. The lowest BCUT2D eigenvalue weighted by atomic mass is 10.2. The molecule has 4 nitrogen and oxygen atoms in total. The Morgan fingerprint density at radius 1 is 1.50 bits per heavy atom. The number of aromatic nitrogens is 3. The van der Waals surface area contributed by atoms with E-state index < -0.39 is 0 Å². The Bertz CT molecular complexity index is 479. The molecule has 0 unspecified atom stereocenters. The van der Waals surface area contributed by atoms with Crippen LogP contribution in [0.1, 0.15) is 5.69 Å². The highest BCUT2D eigenvalue weighted by atomic mass is 15.0. The van der Waals surface area contributed by atoms with Gasteiger partial charge in [-0.05, 0) is 12.1 Å². The van der Waals surface area contributed by atoms with Crippen LogP contribution >= 0.6 is 0 Å². The van der Waals surface area contributed by atoms with Crippen molar-refractivity contribution in [3.05, 3.63) is 36.5 Å². The van der Waals surface area contributed by atoms with Crippen molar-refractivity contribution in [2.45, 2.75) is 0 Å². The molecule has 2 aromatic rings. The second-order valence-electron chi connectivity index (χ2n) is 2.91. The van der Waals surface area contributed by atoms with Gasteiger partial charge >= 0.3 is 0 Å². The van der Waals surface area contributed by atoms with Crippen molar-refractivity contribution in [1.82, 2.24) is 14.5 Å². The smallest absolute Gasteiger partial charge is 0.147 e. The highest BCUT2D eigenvalue weighted by molar-refractivity contribution is 5.63. The molecule has 0 atom stereocenters. The lowest BCUT2D eigenvalue weighted by Crippen LogP contribution is -1.90. The molecule has 0 spiro atoms. The van der Waals surface area contributed by atoms with Gasteiger partial charge in [-0.3, -0.25) is 4.98 Å². The molecule has 4 heteroatoms. The molecule has 0 bridgehead atoms. The van der Waals surface area contributed by atoms with E-state index in [2.05, 4.69) is 16.0 Å². The third kappa shape index (κ3) is 1.25. The van der Waals surface area contributed by atoms with Crippen LogP contribution in [-0.4, -0.2) is 14.5 Å². The van der Waals surface area contributed by atoms with Crippen LogP contribution in [-0.2, 0) is 7.05 Å². The highest BCUT2D eigenvalue weighted by Crippen LogP contribution is 2.19. The summed E-state index contributed by atoms with van der Waals surface area (Å²) in [6, 6.07) is 5.82. The Morgan fingerprint density at radius 3 is 3.00 bits per heavy atom. The normalized spacial score (nSPS) is 9.71. The van der Waals surface area contributed by atoms with Gasteiger partial charge in [-0.15, -0.1) is 0 Å². The molecule has 68 valence electrons. The predicted octanol–water partition coefficient (Wildman–Crippen LogP) is 1.35. The minimum atomic E-state index is 0.554. The minimum absolute atomic E-state index is 0.554. The molecule has 14 heavy (non-hydrogen) atoms. The number of pyridine rings is 1. The third-order valence-corrected chi connectivity index (χ3v) is 1.98. The van der Waals surface area contributed by atoms with Gasteiger partial charge < -0.3 is 4.57 Å². The average molecular weight is 184 g/mol. The van der Waals surface area contributed by atoms with Crippen molar-refractivity contribution in [1.29, 1.82) is 5.26 Å². The van der Waals surface area contributed by atoms with Crippen LogP contribution in [0, 0.1) is 11.3 Å². The Kier molecular flexibility index (Phi) is 1.99. The van der Waals surface area contributed by atoms with E-state index in [9.17, 15) is 0 Å². The van der Waals surface area contributed by atoms with Gasteiger partial charge in [0.2, 0.25) is 0 Å². The number of nitrogens with zero attached hydrogens (tertiary/aromatic N) is 4. The van der Waals surface area contributed by atoms with E-state index in [0.717, 1.165) is 5.56 Å². The van der Waals surface area contributed by atoms with Crippen LogP contribution < -0.4 is 0 Å². The fraction of sp³-hybridized carbons (Fsp3) is 0.100. The second kappa shape index (κ2) is 3.30. The summed E-state index contributed by atoms with van der Waals surface area (Å²) in [6.07, 6.45) is 5.02. The molecule has 0 N–H and O–H groups in total. The summed E-state index contributed by atoms with van der Waals surface area (Å²) in [5.74, 6) is 0. The summed E-state index contributed by atoms with van der Waals surface area (Å²) >= 11 is 0. The maximum atomic E-state index is 8.92. The Labute approximate surface area is 81.5 Å². The van der Waals surface area contributed by atoms with Crippen molar-refractivity contribution in [3.63, 3.8) is 0 Å². The van der Waals surface area contributed by atoms with Gasteiger partial charge in [0, 0.05) is 25.0 Å². The van der Waals surface area contributed by atoms with E-state index in [0.29, 0.717) is 11.4 Å². The lowest BCUT2D eigenvalue weighted by molar-refractivity contribution is 0.897. The van der Waals surface area contributed by atoms with E-state index >= 15 is 0 Å². The number of rotatable bonds is 1. The first-order valence-electron chi connectivity index (χ1n) is 4.14. The molecule has 0 saturated carbocycles. The molecule has 0 aromatic carbocycles. The van der Waals surface area contributed by atoms with Crippen LogP contribution in [0.3, 0.4) is 0 Å². The van der Waals surface area contributed by atoms with Crippen LogP contribution in [0.4, 0.5) is 0 Å². The Balaban J connectivity index is 2.59. The largest absolute Gasteiger partial charge is 0.325 e. The SMILES string of the molecule is Cn1cnc(-c2cccnc2)c1C#N. The topological polar surface area (TPSA) is 54.5 Å². The second-order valence-corrected chi connectivity index (χ2v) is 2.91. The van der Waals surface area contributed by atoms with Crippen LogP contribution in [0.5, 0.6) is 0 Å². The fourth-order valence-corrected chi connectivity index (χ4v) is 1.28. The van der Waals surface area contributed by atoms with Crippen LogP contribution in [0.25, 0.3) is 11.3 Å². The molecule has 2 heterocycles. The van der Waals surface area contributed by atoms with Gasteiger partial charge in [0.1, 0.15) is 17.5 Å². The van der Waals surface area contributed by atoms with Crippen molar-refractivity contribution in [2.24, 2.45) is 7.05 Å². The van der Waals surface area contributed by atoms with E-state index in [4.69, 9.17) is 5.26 Å². The third-order valence-electron chi connectivity index (χ3n) is 1.98. The Morgan fingerprint density at radius 2 is 2.36 bits per heavy atom. The number of hydrogen-bond donors (Lipinski definition) is 0. The predicted molar refractivity (Wildman–Crippen MR) is 51.2 cm³/mol. The van der Waals surface area contributed by atoms with E-state index in [-0.39, 0.29) is 0 Å². The molecule has 0 saturated heterocycles. The number of nitriles is 1. The summed E-state index contributed by atoms with van der Waals surface area (Å²) in [5, 5.41) is 8.92. The summed E-state index contributed by atoms with van der Waals surface area (Å²) in [4.78, 5) is 8.14. The molecule has 2 aromatic heterocycles. The van der Waals surface area contributed by atoms with Crippen LogP contribution in [0.15, 0.2) is 30.9 Å². The molecule has 0 aliphatic rings. The van der Waals surface area contributed by atoms with Gasteiger partial charge in [-0.1, -0.05) is 0 Å². The molecular weight excluding hydrogens is 176 g/mol. The first-order valence-corrected chi connectivity index (χ1v) is 4.14. The molecule has 0 aliphatic heterocycles.